The van der Waals surface area contributed by atoms with Gasteiger partial charge >= 0.3 is 0 Å². The number of benzene rings is 1. The van der Waals surface area contributed by atoms with Crippen LogP contribution in [0, 0.1) is 0 Å². The first-order valence-corrected chi connectivity index (χ1v) is 6.91. The van der Waals surface area contributed by atoms with Gasteiger partial charge in [0.15, 0.2) is 5.96 Å². The number of nitrogens with two attached hydrogens (primary N) is 1. The van der Waals surface area contributed by atoms with E-state index in [1.54, 1.807) is 0 Å². The van der Waals surface area contributed by atoms with Crippen LogP contribution in [0.25, 0.3) is 0 Å². The number of aliphatic imine (C=N–C) groups is 1. The van der Waals surface area contributed by atoms with Crippen LogP contribution >= 0.6 is 0 Å². The topological polar surface area (TPSA) is 53.6 Å². The van der Waals surface area contributed by atoms with Gasteiger partial charge in [-0.15, -0.1) is 0 Å². The summed E-state index contributed by atoms with van der Waals surface area (Å²) < 4.78 is 0. The van der Waals surface area contributed by atoms with Gasteiger partial charge in [-0.25, -0.2) is 4.99 Å². The van der Waals surface area contributed by atoms with E-state index in [-0.39, 0.29) is 5.54 Å². The molecule has 4 nitrogen and oxygen atoms in total. The highest BCUT2D eigenvalue weighted by Gasteiger charge is 2.12. The Morgan fingerprint density at radius 2 is 1.74 bits per heavy atom. The van der Waals surface area contributed by atoms with Crippen LogP contribution in [0.3, 0.4) is 0 Å². The molecule has 0 saturated carbocycles. The molecule has 0 radical (unpaired) electrons. The van der Waals surface area contributed by atoms with Crippen LogP contribution in [0.2, 0.25) is 0 Å². The summed E-state index contributed by atoms with van der Waals surface area (Å²) in [6.45, 7) is 8.41. The van der Waals surface area contributed by atoms with E-state index in [0.717, 1.165) is 5.69 Å². The van der Waals surface area contributed by atoms with Crippen LogP contribution in [0.1, 0.15) is 33.6 Å². The van der Waals surface area contributed by atoms with E-state index in [1.807, 2.05) is 20.8 Å². The number of hydrogen-bond acceptors (Lipinski definition) is 2. The molecule has 0 bridgehead atoms. The molecule has 0 amide bonds. The van der Waals surface area contributed by atoms with E-state index in [2.05, 4.69) is 39.5 Å². The second kappa shape index (κ2) is 5.51. The lowest BCUT2D eigenvalue weighted by Crippen LogP contribution is -2.27. The lowest BCUT2D eigenvalue weighted by Gasteiger charge is -2.18. The first kappa shape index (κ1) is 13.7. The Balaban J connectivity index is 2.00. The standard InChI is InChI=1S/C15H24N4/c1-15(2,3)18-14(16)17-12-6-8-13(9-7-12)19-10-4-5-11-19/h6-9H,4-5,10-11H2,1-3H3,(H3,16,17,18). The maximum absolute atomic E-state index is 5.88. The van der Waals surface area contributed by atoms with Crippen molar-refractivity contribution in [1.82, 2.24) is 0 Å². The molecule has 2 rings (SSSR count). The fraction of sp³-hybridized carbons (Fsp3) is 0.533. The average molecular weight is 260 g/mol. The Morgan fingerprint density at radius 1 is 1.16 bits per heavy atom. The first-order chi connectivity index (χ1) is 8.94. The number of anilines is 2. The zero-order valence-corrected chi connectivity index (χ0v) is 12.1. The van der Waals surface area contributed by atoms with Gasteiger partial charge in [0.2, 0.25) is 0 Å². The van der Waals surface area contributed by atoms with Gasteiger partial charge in [0, 0.05) is 24.5 Å². The molecule has 0 aromatic heterocycles. The molecule has 1 aromatic rings. The van der Waals surface area contributed by atoms with Crippen molar-refractivity contribution < 1.29 is 0 Å². The predicted molar refractivity (Wildman–Crippen MR) is 82.9 cm³/mol. The SMILES string of the molecule is CC(C)(C)N=C(N)Nc1ccc(N2CCCC2)cc1. The highest BCUT2D eigenvalue weighted by atomic mass is 15.1. The highest BCUT2D eigenvalue weighted by Crippen LogP contribution is 2.22. The third-order valence-corrected chi connectivity index (χ3v) is 3.07. The zero-order valence-electron chi connectivity index (χ0n) is 12.1. The monoisotopic (exact) mass is 260 g/mol. The number of rotatable bonds is 2. The predicted octanol–water partition coefficient (Wildman–Crippen LogP) is 2.81. The quantitative estimate of drug-likeness (QED) is 0.635. The summed E-state index contributed by atoms with van der Waals surface area (Å²) in [5.41, 5.74) is 7.99. The molecule has 1 aliphatic heterocycles. The first-order valence-electron chi connectivity index (χ1n) is 6.91. The van der Waals surface area contributed by atoms with E-state index in [1.165, 1.54) is 31.6 Å². The van der Waals surface area contributed by atoms with Crippen molar-refractivity contribution in [2.24, 2.45) is 10.7 Å². The van der Waals surface area contributed by atoms with Crippen molar-refractivity contribution in [3.05, 3.63) is 24.3 Å². The maximum atomic E-state index is 5.88. The minimum atomic E-state index is -0.160. The minimum Gasteiger partial charge on any atom is -0.372 e. The second-order valence-corrected chi connectivity index (χ2v) is 6.03. The van der Waals surface area contributed by atoms with Crippen LogP contribution in [0.15, 0.2) is 29.3 Å². The van der Waals surface area contributed by atoms with Crippen molar-refractivity contribution in [1.29, 1.82) is 0 Å². The number of nitrogens with zero attached hydrogens (tertiary/aromatic N) is 2. The van der Waals surface area contributed by atoms with Crippen LogP contribution in [0.4, 0.5) is 11.4 Å². The molecule has 3 N–H and O–H groups in total. The fourth-order valence-corrected chi connectivity index (χ4v) is 2.27. The van der Waals surface area contributed by atoms with Gasteiger partial charge in [-0.2, -0.15) is 0 Å². The lowest BCUT2D eigenvalue weighted by molar-refractivity contribution is 0.583. The summed E-state index contributed by atoms with van der Waals surface area (Å²) in [5, 5.41) is 3.13. The molecular weight excluding hydrogens is 236 g/mol. The lowest BCUT2D eigenvalue weighted by atomic mass is 10.1. The molecular formula is C15H24N4. The average Bonchev–Trinajstić information content (AvgIpc) is 2.80. The molecule has 4 heteroatoms. The van der Waals surface area contributed by atoms with E-state index in [0.29, 0.717) is 5.96 Å². The molecule has 1 saturated heterocycles. The van der Waals surface area contributed by atoms with Crippen LogP contribution in [0.5, 0.6) is 0 Å². The van der Waals surface area contributed by atoms with E-state index >= 15 is 0 Å². The molecule has 1 aromatic carbocycles. The number of guanidine groups is 1. The van der Waals surface area contributed by atoms with Crippen molar-refractivity contribution in [3.8, 4) is 0 Å². The molecule has 0 aliphatic carbocycles. The van der Waals surface area contributed by atoms with Crippen molar-refractivity contribution >= 4 is 17.3 Å². The molecule has 0 atom stereocenters. The number of nitrogens with one attached hydrogen (secondary N) is 1. The van der Waals surface area contributed by atoms with Crippen molar-refractivity contribution in [2.45, 2.75) is 39.2 Å². The summed E-state index contributed by atoms with van der Waals surface area (Å²) >= 11 is 0. The number of hydrogen-bond donors (Lipinski definition) is 2. The minimum absolute atomic E-state index is 0.160. The van der Waals surface area contributed by atoms with Gasteiger partial charge < -0.3 is 16.0 Å². The molecule has 1 aliphatic rings. The summed E-state index contributed by atoms with van der Waals surface area (Å²) in [6.07, 6.45) is 2.59. The van der Waals surface area contributed by atoms with Gasteiger partial charge in [0.05, 0.1) is 5.54 Å². The summed E-state index contributed by atoms with van der Waals surface area (Å²) in [5.74, 6) is 0.460. The molecule has 1 fully saturated rings. The van der Waals surface area contributed by atoms with E-state index in [4.69, 9.17) is 5.73 Å². The largest absolute Gasteiger partial charge is 0.372 e. The zero-order chi connectivity index (χ0) is 13.9. The highest BCUT2D eigenvalue weighted by molar-refractivity contribution is 5.92. The van der Waals surface area contributed by atoms with Crippen molar-refractivity contribution in [2.75, 3.05) is 23.3 Å². The molecule has 19 heavy (non-hydrogen) atoms. The Morgan fingerprint density at radius 3 is 2.26 bits per heavy atom. The van der Waals surface area contributed by atoms with Gasteiger partial charge in [-0.05, 0) is 57.9 Å². The van der Waals surface area contributed by atoms with Gasteiger partial charge in [-0.1, -0.05) is 0 Å². The second-order valence-electron chi connectivity index (χ2n) is 6.03. The Labute approximate surface area is 115 Å². The van der Waals surface area contributed by atoms with Gasteiger partial charge in [0.1, 0.15) is 0 Å². The van der Waals surface area contributed by atoms with Gasteiger partial charge in [-0.3, -0.25) is 0 Å². The summed E-state index contributed by atoms with van der Waals surface area (Å²) in [4.78, 5) is 6.79. The molecule has 0 unspecified atom stereocenters. The molecule has 0 spiro atoms. The summed E-state index contributed by atoms with van der Waals surface area (Å²) in [7, 11) is 0. The van der Waals surface area contributed by atoms with Crippen LogP contribution in [-0.2, 0) is 0 Å². The van der Waals surface area contributed by atoms with Crippen molar-refractivity contribution in [3.63, 3.8) is 0 Å². The third kappa shape index (κ3) is 4.16. The van der Waals surface area contributed by atoms with Gasteiger partial charge in [0.25, 0.3) is 0 Å². The smallest absolute Gasteiger partial charge is 0.193 e. The molecule has 104 valence electrons. The third-order valence-electron chi connectivity index (χ3n) is 3.07. The Bertz CT molecular complexity index is 436. The Kier molecular flexibility index (Phi) is 3.98. The van der Waals surface area contributed by atoms with Crippen LogP contribution in [-0.4, -0.2) is 24.6 Å². The summed E-state index contributed by atoms with van der Waals surface area (Å²) in [6, 6.07) is 8.38. The normalized spacial score (nSPS) is 16.8. The fourth-order valence-electron chi connectivity index (χ4n) is 2.27. The molecule has 1 heterocycles. The van der Waals surface area contributed by atoms with E-state index < -0.39 is 0 Å². The van der Waals surface area contributed by atoms with Crippen LogP contribution < -0.4 is 16.0 Å². The van der Waals surface area contributed by atoms with E-state index in [9.17, 15) is 0 Å². The Hall–Kier alpha value is -1.71. The maximum Gasteiger partial charge on any atom is 0.193 e.